The molecule has 0 fully saturated rings. The third-order valence-corrected chi connectivity index (χ3v) is 4.22. The summed E-state index contributed by atoms with van der Waals surface area (Å²) in [6, 6.07) is 11.1. The lowest BCUT2D eigenvalue weighted by molar-refractivity contribution is 0.603. The van der Waals surface area contributed by atoms with Crippen molar-refractivity contribution in [1.29, 1.82) is 0 Å². The summed E-state index contributed by atoms with van der Waals surface area (Å²) in [4.78, 5) is 4.38. The van der Waals surface area contributed by atoms with Crippen LogP contribution in [0.5, 0.6) is 0 Å². The minimum atomic E-state index is -0.473. The van der Waals surface area contributed by atoms with E-state index >= 15 is 0 Å². The predicted molar refractivity (Wildman–Crippen MR) is 80.6 cm³/mol. The summed E-state index contributed by atoms with van der Waals surface area (Å²) in [5, 5.41) is 2.51. The van der Waals surface area contributed by atoms with Gasteiger partial charge in [-0.05, 0) is 30.3 Å². The molecular weight excluding hydrogens is 344 g/mol. The van der Waals surface area contributed by atoms with Gasteiger partial charge in [-0.3, -0.25) is 0 Å². The van der Waals surface area contributed by atoms with Gasteiger partial charge >= 0.3 is 0 Å². The lowest BCUT2D eigenvalue weighted by Gasteiger charge is -1.99. The van der Waals surface area contributed by atoms with Crippen molar-refractivity contribution in [2.24, 2.45) is 0 Å². The van der Waals surface area contributed by atoms with E-state index in [1.165, 1.54) is 11.3 Å². The first-order valence-corrected chi connectivity index (χ1v) is 7.47. The minimum absolute atomic E-state index is 0.185. The summed E-state index contributed by atoms with van der Waals surface area (Å²) in [5.74, 6) is -0.946. The average molecular weight is 352 g/mol. The Morgan fingerprint density at radius 1 is 1.00 bits per heavy atom. The van der Waals surface area contributed by atoms with Crippen LogP contribution >= 0.6 is 27.3 Å². The summed E-state index contributed by atoms with van der Waals surface area (Å²) in [5.41, 5.74) is 1.58. The Morgan fingerprint density at radius 2 is 1.75 bits per heavy atom. The molecule has 0 bridgehead atoms. The van der Waals surface area contributed by atoms with Gasteiger partial charge in [-0.1, -0.05) is 28.1 Å². The van der Waals surface area contributed by atoms with E-state index in [0.717, 1.165) is 33.2 Å². The number of aromatic nitrogens is 1. The molecule has 3 aromatic rings. The Balaban J connectivity index is 2.01. The molecule has 0 amide bonds. The van der Waals surface area contributed by atoms with Gasteiger partial charge in [-0.25, -0.2) is 13.8 Å². The highest BCUT2D eigenvalue weighted by atomic mass is 79.9. The molecule has 2 aromatic carbocycles. The van der Waals surface area contributed by atoms with Gasteiger partial charge in [-0.2, -0.15) is 0 Å². The molecule has 5 heteroatoms. The fraction of sp³-hybridized carbons (Fsp3) is 0. The maximum atomic E-state index is 13.7. The average Bonchev–Trinajstić information content (AvgIpc) is 2.92. The zero-order valence-corrected chi connectivity index (χ0v) is 12.5. The van der Waals surface area contributed by atoms with Gasteiger partial charge in [-0.15, -0.1) is 11.3 Å². The smallest absolute Gasteiger partial charge is 0.132 e. The molecular formula is C15H8BrF2NS. The van der Waals surface area contributed by atoms with Gasteiger partial charge in [0.2, 0.25) is 0 Å². The van der Waals surface area contributed by atoms with E-state index in [1.807, 2.05) is 24.3 Å². The van der Waals surface area contributed by atoms with Crippen LogP contribution in [0.1, 0.15) is 0 Å². The Hall–Kier alpha value is -1.59. The first kappa shape index (κ1) is 13.4. The number of rotatable bonds is 2. The molecule has 100 valence electrons. The molecule has 0 aliphatic carbocycles. The lowest BCUT2D eigenvalue weighted by Crippen LogP contribution is -1.86. The van der Waals surface area contributed by atoms with Crippen molar-refractivity contribution in [3.05, 3.63) is 64.0 Å². The van der Waals surface area contributed by atoms with Crippen molar-refractivity contribution in [3.8, 4) is 21.8 Å². The first-order valence-electron chi connectivity index (χ1n) is 5.80. The van der Waals surface area contributed by atoms with Gasteiger partial charge in [0.05, 0.1) is 5.69 Å². The van der Waals surface area contributed by atoms with Gasteiger partial charge in [0.1, 0.15) is 16.6 Å². The van der Waals surface area contributed by atoms with Gasteiger partial charge < -0.3 is 0 Å². The molecule has 1 heterocycles. The zero-order chi connectivity index (χ0) is 14.1. The quantitative estimate of drug-likeness (QED) is 0.592. The number of benzene rings is 2. The van der Waals surface area contributed by atoms with Crippen molar-refractivity contribution in [3.63, 3.8) is 0 Å². The molecule has 1 nitrogen and oxygen atoms in total. The molecule has 0 N–H and O–H groups in total. The van der Waals surface area contributed by atoms with Crippen LogP contribution in [-0.4, -0.2) is 4.98 Å². The van der Waals surface area contributed by atoms with Crippen LogP contribution in [0.2, 0.25) is 0 Å². The van der Waals surface area contributed by atoms with E-state index in [0.29, 0.717) is 5.69 Å². The molecule has 0 aliphatic rings. The van der Waals surface area contributed by atoms with E-state index in [4.69, 9.17) is 0 Å². The molecule has 0 aliphatic heterocycles. The number of nitrogens with zero attached hydrogens (tertiary/aromatic N) is 1. The highest BCUT2D eigenvalue weighted by molar-refractivity contribution is 9.10. The molecule has 3 rings (SSSR count). The zero-order valence-electron chi connectivity index (χ0n) is 10.1. The molecule has 0 unspecified atom stereocenters. The van der Waals surface area contributed by atoms with Crippen LogP contribution < -0.4 is 0 Å². The monoisotopic (exact) mass is 351 g/mol. The summed E-state index contributed by atoms with van der Waals surface area (Å²) in [6.07, 6.45) is 0. The van der Waals surface area contributed by atoms with Crippen LogP contribution in [0, 0.1) is 11.6 Å². The van der Waals surface area contributed by atoms with Gasteiger partial charge in [0.25, 0.3) is 0 Å². The fourth-order valence-corrected chi connectivity index (χ4v) is 2.91. The molecule has 0 radical (unpaired) electrons. The van der Waals surface area contributed by atoms with E-state index in [1.54, 1.807) is 5.38 Å². The minimum Gasteiger partial charge on any atom is -0.236 e. The topological polar surface area (TPSA) is 12.9 Å². The van der Waals surface area contributed by atoms with Crippen LogP contribution in [-0.2, 0) is 0 Å². The van der Waals surface area contributed by atoms with Crippen molar-refractivity contribution < 1.29 is 8.78 Å². The number of thiazole rings is 1. The largest absolute Gasteiger partial charge is 0.236 e. The Labute approximate surface area is 127 Å². The van der Waals surface area contributed by atoms with Crippen molar-refractivity contribution in [1.82, 2.24) is 4.98 Å². The summed E-state index contributed by atoms with van der Waals surface area (Å²) in [6.45, 7) is 0. The second kappa shape index (κ2) is 5.42. The Bertz CT molecular complexity index is 753. The maximum absolute atomic E-state index is 13.7. The standard InChI is InChI=1S/C15H8BrF2NS/c16-10-3-1-9(2-4-10)15-19-14(8-20-15)12-7-11(17)5-6-13(12)18/h1-8H. The van der Waals surface area contributed by atoms with Crippen molar-refractivity contribution in [2.45, 2.75) is 0 Å². The van der Waals surface area contributed by atoms with E-state index in [2.05, 4.69) is 20.9 Å². The second-order valence-corrected chi connectivity index (χ2v) is 5.94. The number of hydrogen-bond donors (Lipinski definition) is 0. The van der Waals surface area contributed by atoms with E-state index < -0.39 is 11.6 Å². The predicted octanol–water partition coefficient (Wildman–Crippen LogP) is 5.52. The molecule has 0 saturated heterocycles. The van der Waals surface area contributed by atoms with Gasteiger partial charge in [0, 0.05) is 21.0 Å². The molecule has 20 heavy (non-hydrogen) atoms. The second-order valence-electron chi connectivity index (χ2n) is 4.17. The van der Waals surface area contributed by atoms with Gasteiger partial charge in [0.15, 0.2) is 0 Å². The fourth-order valence-electron chi connectivity index (χ4n) is 1.82. The maximum Gasteiger partial charge on any atom is 0.132 e. The highest BCUT2D eigenvalue weighted by Gasteiger charge is 2.11. The normalized spacial score (nSPS) is 10.8. The molecule has 0 spiro atoms. The third kappa shape index (κ3) is 2.64. The molecule has 0 saturated carbocycles. The molecule has 1 aromatic heterocycles. The Morgan fingerprint density at radius 3 is 2.50 bits per heavy atom. The van der Waals surface area contributed by atoms with Crippen molar-refractivity contribution in [2.75, 3.05) is 0 Å². The van der Waals surface area contributed by atoms with Crippen LogP contribution in [0.4, 0.5) is 8.78 Å². The van der Waals surface area contributed by atoms with E-state index in [-0.39, 0.29) is 5.56 Å². The lowest BCUT2D eigenvalue weighted by atomic mass is 10.1. The Kier molecular flexibility index (Phi) is 3.63. The molecule has 0 atom stereocenters. The highest BCUT2D eigenvalue weighted by Crippen LogP contribution is 2.31. The first-order chi connectivity index (χ1) is 9.63. The number of hydrogen-bond acceptors (Lipinski definition) is 2. The van der Waals surface area contributed by atoms with Crippen molar-refractivity contribution >= 4 is 27.3 Å². The summed E-state index contributed by atoms with van der Waals surface area (Å²) >= 11 is 4.77. The van der Waals surface area contributed by atoms with E-state index in [9.17, 15) is 8.78 Å². The van der Waals surface area contributed by atoms with Crippen LogP contribution in [0.15, 0.2) is 52.3 Å². The third-order valence-electron chi connectivity index (χ3n) is 2.80. The summed E-state index contributed by atoms with van der Waals surface area (Å²) in [7, 11) is 0. The number of halogens is 3. The van der Waals surface area contributed by atoms with Crippen LogP contribution in [0.25, 0.3) is 21.8 Å². The van der Waals surface area contributed by atoms with Crippen LogP contribution in [0.3, 0.4) is 0 Å². The SMILES string of the molecule is Fc1ccc(F)c(-c2csc(-c3ccc(Br)cc3)n2)c1. The summed E-state index contributed by atoms with van der Waals surface area (Å²) < 4.78 is 27.9.